The molecule has 5 unspecified atom stereocenters. The van der Waals surface area contributed by atoms with E-state index in [-0.39, 0.29) is 42.5 Å². The number of fused-ring (bicyclic) bond motifs is 5. The number of aryl methyl sites for hydroxylation is 1. The zero-order valence-corrected chi connectivity index (χ0v) is 21.0. The smallest absolute Gasteiger partial charge is 0.316 e. The summed E-state index contributed by atoms with van der Waals surface area (Å²) in [7, 11) is 0. The lowest BCUT2D eigenvalue weighted by Gasteiger charge is -2.20. The summed E-state index contributed by atoms with van der Waals surface area (Å²) >= 11 is 0. The van der Waals surface area contributed by atoms with E-state index in [9.17, 15) is 19.2 Å². The molecule has 2 heterocycles. The number of hydrogen-bond acceptors (Lipinski definition) is 6. The average molecular weight is 503 g/mol. The van der Waals surface area contributed by atoms with E-state index in [1.54, 1.807) is 47.4 Å². The third-order valence-electron chi connectivity index (χ3n) is 8.47. The first-order valence-electron chi connectivity index (χ1n) is 13.1. The maximum absolute atomic E-state index is 13.2. The molecule has 0 aromatic heterocycles. The highest BCUT2D eigenvalue weighted by molar-refractivity contribution is 6.23. The molecule has 5 atom stereocenters. The number of carbonyl (C=O) groups excluding carboxylic acids is 4. The first-order valence-corrected chi connectivity index (χ1v) is 13.1. The van der Waals surface area contributed by atoms with Crippen molar-refractivity contribution in [3.63, 3.8) is 0 Å². The number of carbonyl (C=O) groups is 4. The van der Waals surface area contributed by atoms with E-state index in [0.717, 1.165) is 25.0 Å². The fourth-order valence-electron chi connectivity index (χ4n) is 6.79. The van der Waals surface area contributed by atoms with Gasteiger partial charge < -0.3 is 14.4 Å². The maximum Gasteiger partial charge on any atom is 0.316 e. The Balaban J connectivity index is 1.13. The number of ether oxygens (including phenoxy) is 2. The van der Waals surface area contributed by atoms with Crippen molar-refractivity contribution in [1.29, 1.82) is 0 Å². The van der Waals surface area contributed by atoms with Crippen LogP contribution in [0.15, 0.2) is 42.5 Å². The van der Waals surface area contributed by atoms with Crippen LogP contribution >= 0.6 is 0 Å². The van der Waals surface area contributed by atoms with Gasteiger partial charge in [-0.15, -0.1) is 0 Å². The Kier molecular flexibility index (Phi) is 5.77. The first-order chi connectivity index (χ1) is 17.9. The quantitative estimate of drug-likeness (QED) is 0.338. The molecular formula is C29H30N2O6. The van der Waals surface area contributed by atoms with Gasteiger partial charge in [-0.1, -0.05) is 0 Å². The number of hydrogen-bond donors (Lipinski definition) is 0. The summed E-state index contributed by atoms with van der Waals surface area (Å²) in [6.45, 7) is 4.51. The van der Waals surface area contributed by atoms with Gasteiger partial charge in [-0.25, -0.2) is 4.90 Å². The van der Waals surface area contributed by atoms with E-state index >= 15 is 0 Å². The molecule has 2 saturated heterocycles. The van der Waals surface area contributed by atoms with Crippen molar-refractivity contribution in [2.75, 3.05) is 23.0 Å². The molecule has 2 aliphatic carbocycles. The molecular weight excluding hydrogens is 472 g/mol. The van der Waals surface area contributed by atoms with Crippen LogP contribution in [0, 0.1) is 36.5 Å². The Morgan fingerprint density at radius 2 is 1.59 bits per heavy atom. The minimum absolute atomic E-state index is 0.0744. The Morgan fingerprint density at radius 3 is 2.22 bits per heavy atom. The minimum atomic E-state index is -0.587. The lowest BCUT2D eigenvalue weighted by Crippen LogP contribution is -2.33. The van der Waals surface area contributed by atoms with E-state index in [1.165, 1.54) is 4.90 Å². The Labute approximate surface area is 215 Å². The lowest BCUT2D eigenvalue weighted by atomic mass is 9.81. The minimum Gasteiger partial charge on any atom is -0.494 e. The topological polar surface area (TPSA) is 93.2 Å². The third-order valence-corrected chi connectivity index (χ3v) is 8.47. The van der Waals surface area contributed by atoms with Crippen molar-refractivity contribution >= 4 is 35.1 Å². The van der Waals surface area contributed by atoms with Crippen LogP contribution in [0.2, 0.25) is 0 Å². The van der Waals surface area contributed by atoms with Gasteiger partial charge in [-0.3, -0.25) is 19.2 Å². The SMILES string of the molecule is CCOc1ccc(N2CC(C(=O)Oc3ccc(N4C(=O)C5C6CCC(C6)C5C4=O)c(C)c3)CC2=O)cc1. The van der Waals surface area contributed by atoms with Crippen LogP contribution < -0.4 is 19.3 Å². The van der Waals surface area contributed by atoms with Crippen molar-refractivity contribution in [1.82, 2.24) is 0 Å². The Bertz CT molecular complexity index is 1260. The molecule has 4 aliphatic rings. The molecule has 3 amide bonds. The number of rotatable bonds is 6. The van der Waals surface area contributed by atoms with Crippen LogP contribution in [0.5, 0.6) is 11.5 Å². The lowest BCUT2D eigenvalue weighted by molar-refractivity contribution is -0.139. The second-order valence-corrected chi connectivity index (χ2v) is 10.6. The highest BCUT2D eigenvalue weighted by atomic mass is 16.5. The third kappa shape index (κ3) is 3.90. The number of benzene rings is 2. The van der Waals surface area contributed by atoms with Crippen molar-refractivity contribution in [3.05, 3.63) is 48.0 Å². The van der Waals surface area contributed by atoms with E-state index in [0.29, 0.717) is 41.1 Å². The molecule has 192 valence electrons. The molecule has 6 rings (SSSR count). The van der Waals surface area contributed by atoms with E-state index in [1.807, 2.05) is 13.8 Å². The number of imide groups is 1. The molecule has 0 spiro atoms. The number of nitrogens with zero attached hydrogens (tertiary/aromatic N) is 2. The van der Waals surface area contributed by atoms with Crippen LogP contribution in [-0.4, -0.2) is 36.8 Å². The Morgan fingerprint density at radius 1 is 0.946 bits per heavy atom. The normalized spacial score (nSPS) is 28.3. The summed E-state index contributed by atoms with van der Waals surface area (Å²) in [5, 5.41) is 0. The predicted octanol–water partition coefficient (Wildman–Crippen LogP) is 3.89. The summed E-state index contributed by atoms with van der Waals surface area (Å²) in [4.78, 5) is 54.8. The van der Waals surface area contributed by atoms with Gasteiger partial charge in [0.05, 0.1) is 30.0 Å². The largest absolute Gasteiger partial charge is 0.494 e. The maximum atomic E-state index is 13.2. The Hall–Kier alpha value is -3.68. The number of anilines is 2. The highest BCUT2D eigenvalue weighted by Gasteiger charge is 2.61. The summed E-state index contributed by atoms with van der Waals surface area (Å²) in [6.07, 6.45) is 3.14. The summed E-state index contributed by atoms with van der Waals surface area (Å²) < 4.78 is 11.1. The molecule has 8 heteroatoms. The van der Waals surface area contributed by atoms with Crippen molar-refractivity contribution < 1.29 is 28.7 Å². The van der Waals surface area contributed by atoms with Crippen LogP contribution in [0.1, 0.15) is 38.2 Å². The molecule has 2 aromatic rings. The monoisotopic (exact) mass is 502 g/mol. The molecule has 2 aromatic carbocycles. The van der Waals surface area contributed by atoms with Gasteiger partial charge in [0, 0.05) is 18.7 Å². The van der Waals surface area contributed by atoms with E-state index < -0.39 is 11.9 Å². The van der Waals surface area contributed by atoms with E-state index in [2.05, 4.69) is 0 Å². The van der Waals surface area contributed by atoms with Gasteiger partial charge in [0.2, 0.25) is 17.7 Å². The van der Waals surface area contributed by atoms with Crippen LogP contribution in [0.3, 0.4) is 0 Å². The first kappa shape index (κ1) is 23.7. The van der Waals surface area contributed by atoms with E-state index in [4.69, 9.17) is 9.47 Å². The molecule has 37 heavy (non-hydrogen) atoms. The molecule has 8 nitrogen and oxygen atoms in total. The number of amides is 3. The van der Waals surface area contributed by atoms with Gasteiger partial charge in [-0.05, 0) is 93.0 Å². The summed E-state index contributed by atoms with van der Waals surface area (Å²) in [5.41, 5.74) is 1.96. The summed E-state index contributed by atoms with van der Waals surface area (Å²) in [6, 6.07) is 12.2. The fourth-order valence-corrected chi connectivity index (χ4v) is 6.79. The highest BCUT2D eigenvalue weighted by Crippen LogP contribution is 2.56. The summed E-state index contributed by atoms with van der Waals surface area (Å²) in [5.74, 6) is -0.0301. The second-order valence-electron chi connectivity index (χ2n) is 10.6. The fraction of sp³-hybridized carbons (Fsp3) is 0.448. The van der Waals surface area contributed by atoms with Crippen molar-refractivity contribution in [2.24, 2.45) is 29.6 Å². The standard InChI is InChI=1S/C29H30N2O6/c1-3-36-21-8-6-20(7-9-21)30-15-19(14-24(30)32)29(35)37-22-10-11-23(16(2)12-22)31-27(33)25-17-4-5-18(13-17)26(25)28(31)34/h6-12,17-19,25-26H,3-5,13-15H2,1-2H3. The predicted molar refractivity (Wildman–Crippen MR) is 135 cm³/mol. The van der Waals surface area contributed by atoms with Gasteiger partial charge in [0.15, 0.2) is 0 Å². The molecule has 4 fully saturated rings. The molecule has 2 aliphatic heterocycles. The average Bonchev–Trinajstić information content (AvgIpc) is 3.64. The van der Waals surface area contributed by atoms with Crippen LogP contribution in [-0.2, 0) is 19.2 Å². The van der Waals surface area contributed by atoms with Gasteiger partial charge in [0.25, 0.3) is 0 Å². The van der Waals surface area contributed by atoms with Gasteiger partial charge in [-0.2, -0.15) is 0 Å². The van der Waals surface area contributed by atoms with Gasteiger partial charge in [0.1, 0.15) is 11.5 Å². The molecule has 2 bridgehead atoms. The molecule has 2 saturated carbocycles. The van der Waals surface area contributed by atoms with Crippen molar-refractivity contribution in [3.8, 4) is 11.5 Å². The van der Waals surface area contributed by atoms with Crippen molar-refractivity contribution in [2.45, 2.75) is 39.5 Å². The number of esters is 1. The zero-order chi connectivity index (χ0) is 25.8. The molecule has 0 radical (unpaired) electrons. The van der Waals surface area contributed by atoms with Crippen LogP contribution in [0.4, 0.5) is 11.4 Å². The zero-order valence-electron chi connectivity index (χ0n) is 21.0. The molecule has 0 N–H and O–H groups in total. The van der Waals surface area contributed by atoms with Gasteiger partial charge >= 0.3 is 5.97 Å². The second kappa shape index (κ2) is 9.01. The van der Waals surface area contributed by atoms with Crippen LogP contribution in [0.25, 0.3) is 0 Å².